The fourth-order valence-corrected chi connectivity index (χ4v) is 6.10. The molecule has 10 nitrogen and oxygen atoms in total. The van der Waals surface area contributed by atoms with Gasteiger partial charge in [0.1, 0.15) is 35.5 Å². The number of aryl methyl sites for hydroxylation is 1. The number of benzene rings is 1. The van der Waals surface area contributed by atoms with Gasteiger partial charge in [0.2, 0.25) is 5.91 Å². The number of halogens is 1. The molecule has 1 aliphatic carbocycles. The Balaban J connectivity index is 1.15. The smallest absolute Gasteiger partial charge is 0.246 e. The summed E-state index contributed by atoms with van der Waals surface area (Å²) in [5, 5.41) is 7.21. The zero-order valence-electron chi connectivity index (χ0n) is 22.4. The van der Waals surface area contributed by atoms with Crippen molar-refractivity contribution >= 4 is 34.1 Å². The molecule has 2 aliphatic heterocycles. The Morgan fingerprint density at radius 2 is 2.05 bits per heavy atom. The quantitative estimate of drug-likeness (QED) is 0.283. The van der Waals surface area contributed by atoms with Crippen molar-refractivity contribution < 1.29 is 13.9 Å². The maximum atomic E-state index is 15.4. The van der Waals surface area contributed by atoms with Gasteiger partial charge < -0.3 is 15.0 Å². The lowest BCUT2D eigenvalue weighted by Gasteiger charge is -2.49. The first-order valence-electron chi connectivity index (χ1n) is 13.6. The number of pyridine rings is 2. The van der Waals surface area contributed by atoms with Gasteiger partial charge in [-0.3, -0.25) is 4.79 Å². The molecule has 6 heterocycles. The van der Waals surface area contributed by atoms with Crippen molar-refractivity contribution in [1.29, 1.82) is 0 Å². The Bertz CT molecular complexity index is 1820. The van der Waals surface area contributed by atoms with Crippen molar-refractivity contribution in [1.82, 2.24) is 34.4 Å². The SMILES string of the molecule is C=CC(=O)N1C[C@H]2CCC1C[C@@H]2c1ccc2ncnc(Nc3cc(C)c(Oc4ccn5ncnc5c4)cc3F)c2n1. The highest BCUT2D eigenvalue weighted by Crippen LogP contribution is 2.45. The van der Waals surface area contributed by atoms with Gasteiger partial charge in [0, 0.05) is 42.5 Å². The van der Waals surface area contributed by atoms with Crippen LogP contribution in [-0.4, -0.2) is 52.9 Å². The molecule has 3 fully saturated rings. The van der Waals surface area contributed by atoms with Gasteiger partial charge in [-0.15, -0.1) is 0 Å². The number of carbonyl (C=O) groups excluding carboxylic acids is 1. The number of nitrogens with zero attached hydrogens (tertiary/aromatic N) is 7. The minimum absolute atomic E-state index is 0.00497. The molecular weight excluding hydrogens is 523 g/mol. The van der Waals surface area contributed by atoms with E-state index in [2.05, 4.69) is 31.9 Å². The van der Waals surface area contributed by atoms with Gasteiger partial charge in [-0.25, -0.2) is 28.8 Å². The molecular formula is C30H27FN8O2. The van der Waals surface area contributed by atoms with E-state index >= 15 is 4.39 Å². The molecule has 5 aromatic rings. The second kappa shape index (κ2) is 9.92. The molecule has 3 aliphatic rings. The molecule has 1 N–H and O–H groups in total. The Morgan fingerprint density at radius 1 is 1.15 bits per heavy atom. The molecule has 11 heteroatoms. The Morgan fingerprint density at radius 3 is 2.88 bits per heavy atom. The second-order valence-corrected chi connectivity index (χ2v) is 10.6. The minimum atomic E-state index is -0.492. The molecule has 8 rings (SSSR count). The lowest BCUT2D eigenvalue weighted by molar-refractivity contribution is -0.134. The van der Waals surface area contributed by atoms with Crippen molar-refractivity contribution in [2.24, 2.45) is 5.92 Å². The van der Waals surface area contributed by atoms with E-state index in [4.69, 9.17) is 9.72 Å². The molecule has 0 spiro atoms. The van der Waals surface area contributed by atoms with Crippen LogP contribution in [0, 0.1) is 18.7 Å². The van der Waals surface area contributed by atoms with E-state index in [-0.39, 0.29) is 23.6 Å². The predicted octanol–water partition coefficient (Wildman–Crippen LogP) is 5.33. The number of aromatic nitrogens is 6. The van der Waals surface area contributed by atoms with Gasteiger partial charge in [0.05, 0.1) is 11.2 Å². The number of hydrogen-bond donors (Lipinski definition) is 1. The number of ether oxygens (including phenoxy) is 1. The van der Waals surface area contributed by atoms with E-state index in [9.17, 15) is 4.79 Å². The summed E-state index contributed by atoms with van der Waals surface area (Å²) >= 11 is 0. The Hall–Kier alpha value is -4.93. The highest BCUT2D eigenvalue weighted by atomic mass is 19.1. The average molecular weight is 551 g/mol. The summed E-state index contributed by atoms with van der Waals surface area (Å²) in [5.41, 5.74) is 3.80. The van der Waals surface area contributed by atoms with Crippen molar-refractivity contribution in [3.63, 3.8) is 0 Å². The third-order valence-corrected chi connectivity index (χ3v) is 8.18. The standard InChI is InChI=1S/C30H27FN8O2/c1-3-28(40)38-14-18-4-5-19(38)11-21(18)23-6-7-24-29(36-23)30(34-15-32-24)37-25-10-17(2)26(13-22(25)31)41-20-8-9-39-27(12-20)33-16-35-39/h3,6-10,12-13,15-16,18-19,21H,1,4-5,11,14H2,2H3,(H,32,34,37)/t18-,19?,21+/m1/s1. The van der Waals surface area contributed by atoms with Crippen molar-refractivity contribution in [3.05, 3.63) is 85.0 Å². The van der Waals surface area contributed by atoms with Crippen LogP contribution in [0.1, 0.15) is 36.4 Å². The molecule has 1 amide bonds. The highest BCUT2D eigenvalue weighted by Gasteiger charge is 2.42. The number of hydrogen-bond acceptors (Lipinski definition) is 8. The summed E-state index contributed by atoms with van der Waals surface area (Å²) in [6.45, 7) is 6.21. The van der Waals surface area contributed by atoms with Crippen LogP contribution in [-0.2, 0) is 4.79 Å². The lowest BCUT2D eigenvalue weighted by atomic mass is 9.70. The van der Waals surface area contributed by atoms with Crippen molar-refractivity contribution in [2.45, 2.75) is 38.1 Å². The van der Waals surface area contributed by atoms with Gasteiger partial charge in [-0.1, -0.05) is 6.58 Å². The normalized spacial score (nSPS) is 20.0. The van der Waals surface area contributed by atoms with Crippen LogP contribution in [0.3, 0.4) is 0 Å². The summed E-state index contributed by atoms with van der Waals surface area (Å²) in [4.78, 5) is 32.2. The fourth-order valence-electron chi connectivity index (χ4n) is 6.10. The summed E-state index contributed by atoms with van der Waals surface area (Å²) in [6.07, 6.45) is 8.94. The maximum Gasteiger partial charge on any atom is 0.246 e. The van der Waals surface area contributed by atoms with Gasteiger partial charge in [-0.05, 0) is 68.0 Å². The topological polar surface area (TPSA) is 110 Å². The molecule has 206 valence electrons. The van der Waals surface area contributed by atoms with Crippen molar-refractivity contribution in [3.8, 4) is 11.5 Å². The second-order valence-electron chi connectivity index (χ2n) is 10.6. The lowest BCUT2D eigenvalue weighted by Crippen LogP contribution is -2.53. The summed E-state index contributed by atoms with van der Waals surface area (Å²) < 4.78 is 22.9. The number of anilines is 2. The zero-order valence-corrected chi connectivity index (χ0v) is 22.4. The van der Waals surface area contributed by atoms with Gasteiger partial charge in [0.15, 0.2) is 11.5 Å². The zero-order chi connectivity index (χ0) is 28.1. The van der Waals surface area contributed by atoms with E-state index < -0.39 is 5.82 Å². The van der Waals surface area contributed by atoms with E-state index in [1.807, 2.05) is 24.0 Å². The monoisotopic (exact) mass is 550 g/mol. The summed E-state index contributed by atoms with van der Waals surface area (Å²) in [5.74, 6) is 1.40. The van der Waals surface area contributed by atoms with Crippen LogP contribution in [0.4, 0.5) is 15.9 Å². The third kappa shape index (κ3) is 4.52. The number of rotatable bonds is 6. The number of carbonyl (C=O) groups is 1. The Labute approximate surface area is 234 Å². The Kier molecular flexibility index (Phi) is 6.06. The highest BCUT2D eigenvalue weighted by molar-refractivity contribution is 5.88. The molecule has 4 aromatic heterocycles. The number of nitrogens with one attached hydrogen (secondary N) is 1. The molecule has 2 saturated heterocycles. The molecule has 1 aromatic carbocycles. The number of fused-ring (bicyclic) bond motifs is 5. The summed E-state index contributed by atoms with van der Waals surface area (Å²) in [6, 6.07) is 10.6. The van der Waals surface area contributed by atoms with Crippen LogP contribution in [0.2, 0.25) is 0 Å². The van der Waals surface area contributed by atoms with E-state index in [1.165, 1.54) is 24.8 Å². The molecule has 1 unspecified atom stereocenters. The van der Waals surface area contributed by atoms with E-state index in [0.29, 0.717) is 46.5 Å². The van der Waals surface area contributed by atoms with Crippen molar-refractivity contribution in [2.75, 3.05) is 11.9 Å². The van der Waals surface area contributed by atoms with Crippen LogP contribution >= 0.6 is 0 Å². The fraction of sp³-hybridized carbons (Fsp3) is 0.267. The predicted molar refractivity (Wildman–Crippen MR) is 151 cm³/mol. The first kappa shape index (κ1) is 25.1. The third-order valence-electron chi connectivity index (χ3n) is 8.18. The van der Waals surface area contributed by atoms with Gasteiger partial charge >= 0.3 is 0 Å². The molecule has 1 saturated carbocycles. The minimum Gasteiger partial charge on any atom is -0.457 e. The number of piperidine rings is 2. The van der Waals surface area contributed by atoms with Crippen LogP contribution in [0.25, 0.3) is 16.7 Å². The van der Waals surface area contributed by atoms with E-state index in [1.54, 1.807) is 28.9 Å². The van der Waals surface area contributed by atoms with Gasteiger partial charge in [0.25, 0.3) is 0 Å². The molecule has 3 atom stereocenters. The maximum absolute atomic E-state index is 15.4. The molecule has 0 radical (unpaired) electrons. The van der Waals surface area contributed by atoms with Crippen LogP contribution in [0.15, 0.2) is 67.9 Å². The van der Waals surface area contributed by atoms with Gasteiger partial charge in [-0.2, -0.15) is 5.10 Å². The first-order chi connectivity index (χ1) is 20.0. The van der Waals surface area contributed by atoms with Crippen LogP contribution < -0.4 is 10.1 Å². The largest absolute Gasteiger partial charge is 0.457 e. The van der Waals surface area contributed by atoms with Crippen LogP contribution in [0.5, 0.6) is 11.5 Å². The molecule has 41 heavy (non-hydrogen) atoms. The number of amides is 1. The first-order valence-corrected chi connectivity index (χ1v) is 13.6. The molecule has 2 bridgehead atoms. The average Bonchev–Trinajstić information content (AvgIpc) is 3.47. The summed E-state index contributed by atoms with van der Waals surface area (Å²) in [7, 11) is 0. The van der Waals surface area contributed by atoms with E-state index in [0.717, 1.165) is 30.5 Å².